The van der Waals surface area contributed by atoms with Gasteiger partial charge in [0.15, 0.2) is 11.5 Å². The zero-order valence-corrected chi connectivity index (χ0v) is 15.3. The van der Waals surface area contributed by atoms with Crippen LogP contribution in [-0.4, -0.2) is 24.1 Å². The Bertz CT molecular complexity index is 815. The van der Waals surface area contributed by atoms with Gasteiger partial charge in [0.25, 0.3) is 5.91 Å². The van der Waals surface area contributed by atoms with Gasteiger partial charge in [-0.25, -0.2) is 0 Å². The van der Waals surface area contributed by atoms with Crippen molar-refractivity contribution in [3.8, 4) is 11.5 Å². The summed E-state index contributed by atoms with van der Waals surface area (Å²) in [4.78, 5) is 18.9. The van der Waals surface area contributed by atoms with Crippen LogP contribution in [0.15, 0.2) is 36.7 Å². The van der Waals surface area contributed by atoms with Crippen LogP contribution in [0.1, 0.15) is 61.0 Å². The maximum absolute atomic E-state index is 12.9. The molecule has 0 saturated heterocycles. The molecule has 1 unspecified atom stereocenters. The molecule has 0 radical (unpaired) electrons. The number of carbonyl (C=O) groups is 1. The lowest BCUT2D eigenvalue weighted by atomic mass is 9.98. The summed E-state index contributed by atoms with van der Waals surface area (Å²) in [5.74, 6) is 1.42. The molecule has 1 atom stereocenters. The average molecular weight is 352 g/mol. The first-order chi connectivity index (χ1) is 12.7. The normalized spacial score (nSPS) is 20.2. The summed E-state index contributed by atoms with van der Waals surface area (Å²) < 4.78 is 11.7. The second kappa shape index (κ2) is 6.98. The number of rotatable bonds is 4. The van der Waals surface area contributed by atoms with Crippen molar-refractivity contribution in [3.63, 3.8) is 0 Å². The van der Waals surface area contributed by atoms with Gasteiger partial charge in [-0.3, -0.25) is 9.78 Å². The Morgan fingerprint density at radius 2 is 1.92 bits per heavy atom. The van der Waals surface area contributed by atoms with Gasteiger partial charge < -0.3 is 14.4 Å². The molecular formula is C21H24N2O3. The number of ether oxygens (including phenoxy) is 2. The fraction of sp³-hybridized carbons (Fsp3) is 0.429. The summed E-state index contributed by atoms with van der Waals surface area (Å²) in [5.41, 5.74) is 2.51. The van der Waals surface area contributed by atoms with Gasteiger partial charge in [0.05, 0.1) is 19.3 Å². The molecule has 136 valence electrons. The largest absolute Gasteiger partial charge is 0.493 e. The van der Waals surface area contributed by atoms with Crippen LogP contribution in [0.25, 0.3) is 0 Å². The summed E-state index contributed by atoms with van der Waals surface area (Å²) >= 11 is 0. The fourth-order valence-electron chi connectivity index (χ4n) is 3.99. The number of anilines is 1. The highest BCUT2D eigenvalue weighted by Gasteiger charge is 2.35. The van der Waals surface area contributed by atoms with Crippen molar-refractivity contribution in [3.05, 3.63) is 47.8 Å². The van der Waals surface area contributed by atoms with Crippen LogP contribution in [-0.2, 0) is 0 Å². The molecule has 1 fully saturated rings. The van der Waals surface area contributed by atoms with E-state index in [1.807, 2.05) is 25.1 Å². The van der Waals surface area contributed by atoms with Gasteiger partial charge in [-0.1, -0.05) is 6.42 Å². The van der Waals surface area contributed by atoms with E-state index in [4.69, 9.17) is 9.47 Å². The highest BCUT2D eigenvalue weighted by molar-refractivity contribution is 6.11. The number of nitrogens with zero attached hydrogens (tertiary/aromatic N) is 2. The van der Waals surface area contributed by atoms with Crippen LogP contribution in [0.3, 0.4) is 0 Å². The van der Waals surface area contributed by atoms with E-state index in [1.165, 1.54) is 19.3 Å². The van der Waals surface area contributed by atoms with Gasteiger partial charge in [0.1, 0.15) is 0 Å². The van der Waals surface area contributed by atoms with E-state index in [-0.39, 0.29) is 18.1 Å². The van der Waals surface area contributed by atoms with Crippen LogP contribution in [0.4, 0.5) is 5.69 Å². The average Bonchev–Trinajstić information content (AvgIpc) is 2.94. The van der Waals surface area contributed by atoms with Gasteiger partial charge in [0.2, 0.25) is 0 Å². The summed E-state index contributed by atoms with van der Waals surface area (Å²) in [5, 5.41) is 0. The van der Waals surface area contributed by atoms with E-state index in [9.17, 15) is 4.79 Å². The zero-order chi connectivity index (χ0) is 18.1. The molecule has 4 rings (SSSR count). The minimum absolute atomic E-state index is 0.00341. The summed E-state index contributed by atoms with van der Waals surface area (Å²) in [6.45, 7) is 2.03. The number of carbonyl (C=O) groups excluding carboxylic acids is 1. The number of methoxy groups -OCH3 is 1. The second-order valence-corrected chi connectivity index (χ2v) is 7.03. The molecule has 0 bridgehead atoms. The monoisotopic (exact) mass is 352 g/mol. The van der Waals surface area contributed by atoms with Gasteiger partial charge >= 0.3 is 0 Å². The van der Waals surface area contributed by atoms with E-state index < -0.39 is 0 Å². The molecule has 26 heavy (non-hydrogen) atoms. The predicted molar refractivity (Wildman–Crippen MR) is 100.0 cm³/mol. The molecule has 1 aromatic carbocycles. The molecule has 1 aromatic heterocycles. The van der Waals surface area contributed by atoms with E-state index in [0.717, 1.165) is 29.7 Å². The van der Waals surface area contributed by atoms with Crippen LogP contribution in [0.5, 0.6) is 11.5 Å². The highest BCUT2D eigenvalue weighted by atomic mass is 16.5. The van der Waals surface area contributed by atoms with Gasteiger partial charge in [-0.15, -0.1) is 0 Å². The second-order valence-electron chi connectivity index (χ2n) is 7.03. The van der Waals surface area contributed by atoms with Crippen LogP contribution < -0.4 is 14.4 Å². The molecule has 1 amide bonds. The molecule has 1 aliphatic carbocycles. The molecule has 0 spiro atoms. The maximum atomic E-state index is 12.9. The number of amides is 1. The molecule has 2 aliphatic rings. The Hall–Kier alpha value is -2.56. The van der Waals surface area contributed by atoms with Crippen LogP contribution in [0, 0.1) is 0 Å². The van der Waals surface area contributed by atoms with Crippen molar-refractivity contribution in [2.45, 2.75) is 51.2 Å². The lowest BCUT2D eigenvalue weighted by molar-refractivity contribution is 0.0992. The van der Waals surface area contributed by atoms with E-state index in [2.05, 4.69) is 4.98 Å². The topological polar surface area (TPSA) is 51.7 Å². The number of pyridine rings is 1. The first-order valence-corrected chi connectivity index (χ1v) is 9.31. The molecule has 1 saturated carbocycles. The number of benzene rings is 1. The number of hydrogen-bond donors (Lipinski definition) is 0. The van der Waals surface area contributed by atoms with Crippen molar-refractivity contribution in [1.29, 1.82) is 0 Å². The fourth-order valence-corrected chi connectivity index (χ4v) is 3.99. The third kappa shape index (κ3) is 2.91. The van der Waals surface area contributed by atoms with Crippen molar-refractivity contribution in [2.75, 3.05) is 12.0 Å². The molecule has 1 aliphatic heterocycles. The summed E-state index contributed by atoms with van der Waals surface area (Å²) in [7, 11) is 1.65. The minimum Gasteiger partial charge on any atom is -0.493 e. The molecule has 5 heteroatoms. The lowest BCUT2D eigenvalue weighted by Gasteiger charge is -2.26. The van der Waals surface area contributed by atoms with Crippen LogP contribution >= 0.6 is 0 Å². The smallest absolute Gasteiger partial charge is 0.259 e. The van der Waals surface area contributed by atoms with Gasteiger partial charge in [0, 0.05) is 35.3 Å². The minimum atomic E-state index is -0.0536. The first-order valence-electron chi connectivity index (χ1n) is 9.31. The SMILES string of the molecule is COc1ccc(N2C(=O)c3ccncc3C2C)cc1OC1CCCCC1. The molecule has 2 aromatic rings. The highest BCUT2D eigenvalue weighted by Crippen LogP contribution is 2.41. The van der Waals surface area contributed by atoms with Crippen molar-refractivity contribution in [2.24, 2.45) is 0 Å². The van der Waals surface area contributed by atoms with E-state index in [0.29, 0.717) is 11.5 Å². The van der Waals surface area contributed by atoms with Gasteiger partial charge in [-0.05, 0) is 50.8 Å². The first kappa shape index (κ1) is 16.9. The molecule has 5 nitrogen and oxygen atoms in total. The third-order valence-electron chi connectivity index (χ3n) is 5.41. The van der Waals surface area contributed by atoms with Crippen molar-refractivity contribution < 1.29 is 14.3 Å². The summed E-state index contributed by atoms with van der Waals surface area (Å²) in [6.07, 6.45) is 9.50. The van der Waals surface area contributed by atoms with Gasteiger partial charge in [-0.2, -0.15) is 0 Å². The Labute approximate surface area is 153 Å². The lowest BCUT2D eigenvalue weighted by Crippen LogP contribution is -2.26. The number of aromatic nitrogens is 1. The van der Waals surface area contributed by atoms with E-state index >= 15 is 0 Å². The Kier molecular flexibility index (Phi) is 4.53. The Morgan fingerprint density at radius 1 is 1.12 bits per heavy atom. The Morgan fingerprint density at radius 3 is 2.65 bits per heavy atom. The maximum Gasteiger partial charge on any atom is 0.259 e. The van der Waals surface area contributed by atoms with Crippen molar-refractivity contribution in [1.82, 2.24) is 4.98 Å². The quantitative estimate of drug-likeness (QED) is 0.811. The zero-order valence-electron chi connectivity index (χ0n) is 15.3. The molecule has 2 heterocycles. The summed E-state index contributed by atoms with van der Waals surface area (Å²) in [6, 6.07) is 7.47. The standard InChI is InChI=1S/C21H24N2O3/c1-14-18-13-22-11-10-17(18)21(24)23(14)15-8-9-19(25-2)20(12-15)26-16-6-4-3-5-7-16/h8-14,16H,3-7H2,1-2H3. The third-order valence-corrected chi connectivity index (χ3v) is 5.41. The van der Waals surface area contributed by atoms with Crippen LogP contribution in [0.2, 0.25) is 0 Å². The molecular weight excluding hydrogens is 328 g/mol. The number of hydrogen-bond acceptors (Lipinski definition) is 4. The molecule has 0 N–H and O–H groups in total. The predicted octanol–water partition coefficient (Wildman–Crippen LogP) is 4.52. The Balaban J connectivity index is 1.65. The van der Waals surface area contributed by atoms with E-state index in [1.54, 1.807) is 30.5 Å². The number of fused-ring (bicyclic) bond motifs is 1. The van der Waals surface area contributed by atoms with Crippen molar-refractivity contribution >= 4 is 11.6 Å².